The summed E-state index contributed by atoms with van der Waals surface area (Å²) in [6.07, 6.45) is 0. The second kappa shape index (κ2) is 9.39. The van der Waals surface area contributed by atoms with Crippen LogP contribution in [0.4, 0.5) is 0 Å². The first-order valence-corrected chi connectivity index (χ1v) is 7.56. The normalized spacial score (nSPS) is 11.7. The predicted octanol–water partition coefficient (Wildman–Crippen LogP) is 0.533. The molecule has 0 aromatic heterocycles. The van der Waals surface area contributed by atoms with Gasteiger partial charge in [-0.3, -0.25) is 9.59 Å². The Hall–Kier alpha value is -1.53. The number of nitrogens with one attached hydrogen (secondary N) is 2. The van der Waals surface area contributed by atoms with Gasteiger partial charge in [0, 0.05) is 25.0 Å². The molecule has 0 heterocycles. The van der Waals surface area contributed by atoms with Crippen molar-refractivity contribution in [3.8, 4) is 0 Å². The number of carbonyl (C=O) groups excluding carboxylic acids is 2. The Balaban J connectivity index is 2.43. The van der Waals surface area contributed by atoms with Crippen LogP contribution in [-0.2, 0) is 15.3 Å². The van der Waals surface area contributed by atoms with Crippen molar-refractivity contribution in [1.82, 2.24) is 10.6 Å². The van der Waals surface area contributed by atoms with Crippen LogP contribution < -0.4 is 10.6 Å². The largest absolute Gasteiger partial charge is 0.395 e. The van der Waals surface area contributed by atoms with E-state index in [0.29, 0.717) is 5.75 Å². The van der Waals surface area contributed by atoms with Crippen LogP contribution in [0, 0.1) is 0 Å². The third kappa shape index (κ3) is 6.58. The van der Waals surface area contributed by atoms with E-state index in [1.165, 1.54) is 12.5 Å². The molecule has 0 saturated carbocycles. The number of carbonyl (C=O) groups is 2. The van der Waals surface area contributed by atoms with E-state index in [2.05, 4.69) is 10.6 Å². The fraction of sp³-hybridized carbons (Fsp3) is 0.429. The van der Waals surface area contributed by atoms with E-state index in [1.807, 2.05) is 30.3 Å². The van der Waals surface area contributed by atoms with Gasteiger partial charge in [-0.05, 0) is 5.56 Å². The van der Waals surface area contributed by atoms with Crippen LogP contribution in [0.15, 0.2) is 30.3 Å². The summed E-state index contributed by atoms with van der Waals surface area (Å²) in [5.41, 5.74) is 1.18. The molecule has 1 atom stereocenters. The number of benzene rings is 1. The third-order valence-electron chi connectivity index (χ3n) is 2.50. The van der Waals surface area contributed by atoms with Gasteiger partial charge in [0.15, 0.2) is 0 Å². The number of thioether (sulfide) groups is 1. The summed E-state index contributed by atoms with van der Waals surface area (Å²) >= 11 is 1.58. The molecule has 0 spiro atoms. The van der Waals surface area contributed by atoms with E-state index in [-0.39, 0.29) is 25.0 Å². The average Bonchev–Trinajstić information content (AvgIpc) is 2.44. The molecule has 0 aliphatic rings. The fourth-order valence-electron chi connectivity index (χ4n) is 1.60. The lowest BCUT2D eigenvalue weighted by Gasteiger charge is -2.17. The van der Waals surface area contributed by atoms with Gasteiger partial charge in [0.05, 0.1) is 6.61 Å². The molecule has 5 nitrogen and oxygen atoms in total. The van der Waals surface area contributed by atoms with Crippen molar-refractivity contribution in [3.05, 3.63) is 35.9 Å². The second-order valence-electron chi connectivity index (χ2n) is 4.27. The van der Waals surface area contributed by atoms with Crippen LogP contribution >= 0.6 is 11.8 Å². The number of aliphatic hydroxyl groups is 1. The standard InChI is InChI=1S/C14H20N2O3S/c1-11(18)16-13(14(19)15-7-8-17)10-20-9-12-5-3-2-4-6-12/h2-6,13,17H,7-10H2,1H3,(H,15,19)(H,16,18)/t13-/m1/s1. The molecule has 0 aliphatic heterocycles. The maximum Gasteiger partial charge on any atom is 0.243 e. The molecule has 0 saturated heterocycles. The van der Waals surface area contributed by atoms with Crippen molar-refractivity contribution in [1.29, 1.82) is 0 Å². The summed E-state index contributed by atoms with van der Waals surface area (Å²) in [5, 5.41) is 13.9. The summed E-state index contributed by atoms with van der Waals surface area (Å²) in [6, 6.07) is 9.35. The van der Waals surface area contributed by atoms with E-state index in [9.17, 15) is 9.59 Å². The van der Waals surface area contributed by atoms with Crippen molar-refractivity contribution in [3.63, 3.8) is 0 Å². The Morgan fingerprint density at radius 2 is 2.00 bits per heavy atom. The molecule has 0 radical (unpaired) electrons. The van der Waals surface area contributed by atoms with Crippen molar-refractivity contribution >= 4 is 23.6 Å². The molecule has 110 valence electrons. The first kappa shape index (κ1) is 16.5. The highest BCUT2D eigenvalue weighted by molar-refractivity contribution is 7.98. The maximum absolute atomic E-state index is 11.8. The zero-order chi connectivity index (χ0) is 14.8. The molecule has 2 amide bonds. The third-order valence-corrected chi connectivity index (χ3v) is 3.61. The fourth-order valence-corrected chi connectivity index (χ4v) is 2.62. The number of aliphatic hydroxyl groups excluding tert-OH is 1. The molecule has 6 heteroatoms. The molecule has 0 bridgehead atoms. The van der Waals surface area contributed by atoms with Gasteiger partial charge in [-0.25, -0.2) is 0 Å². The van der Waals surface area contributed by atoms with Crippen LogP contribution in [0.3, 0.4) is 0 Å². The van der Waals surface area contributed by atoms with Crippen molar-refractivity contribution in [2.24, 2.45) is 0 Å². The molecule has 3 N–H and O–H groups in total. The molecule has 0 fully saturated rings. The van der Waals surface area contributed by atoms with Gasteiger partial charge in [-0.1, -0.05) is 30.3 Å². The van der Waals surface area contributed by atoms with Gasteiger partial charge in [-0.2, -0.15) is 11.8 Å². The number of hydrogen-bond donors (Lipinski definition) is 3. The molecular formula is C14H20N2O3S. The van der Waals surface area contributed by atoms with E-state index < -0.39 is 6.04 Å². The zero-order valence-corrected chi connectivity index (χ0v) is 12.3. The summed E-state index contributed by atoms with van der Waals surface area (Å²) in [6.45, 7) is 1.46. The number of amides is 2. The minimum Gasteiger partial charge on any atom is -0.395 e. The molecule has 0 unspecified atom stereocenters. The van der Waals surface area contributed by atoms with Gasteiger partial charge in [0.1, 0.15) is 6.04 Å². The smallest absolute Gasteiger partial charge is 0.243 e. The lowest BCUT2D eigenvalue weighted by Crippen LogP contribution is -2.48. The Morgan fingerprint density at radius 1 is 1.30 bits per heavy atom. The van der Waals surface area contributed by atoms with Crippen molar-refractivity contribution in [2.45, 2.75) is 18.7 Å². The molecule has 1 rings (SSSR count). The first-order valence-electron chi connectivity index (χ1n) is 6.41. The van der Waals surface area contributed by atoms with Crippen LogP contribution in [0.5, 0.6) is 0 Å². The zero-order valence-electron chi connectivity index (χ0n) is 11.5. The van der Waals surface area contributed by atoms with Gasteiger partial charge >= 0.3 is 0 Å². The van der Waals surface area contributed by atoms with Gasteiger partial charge in [0.2, 0.25) is 11.8 Å². The van der Waals surface area contributed by atoms with Crippen LogP contribution in [0.25, 0.3) is 0 Å². The van der Waals surface area contributed by atoms with Gasteiger partial charge < -0.3 is 15.7 Å². The molecule has 1 aromatic carbocycles. The number of rotatable bonds is 8. The SMILES string of the molecule is CC(=O)N[C@H](CSCc1ccccc1)C(=O)NCCO. The van der Waals surface area contributed by atoms with Crippen LogP contribution in [0.1, 0.15) is 12.5 Å². The minimum atomic E-state index is -0.576. The first-order chi connectivity index (χ1) is 9.63. The summed E-state index contributed by atoms with van der Waals surface area (Å²) in [7, 11) is 0. The van der Waals surface area contributed by atoms with Crippen LogP contribution in [0.2, 0.25) is 0 Å². The minimum absolute atomic E-state index is 0.115. The van der Waals surface area contributed by atoms with Gasteiger partial charge in [-0.15, -0.1) is 0 Å². The van der Waals surface area contributed by atoms with Crippen molar-refractivity contribution in [2.75, 3.05) is 18.9 Å². The Morgan fingerprint density at radius 3 is 2.60 bits per heavy atom. The van der Waals surface area contributed by atoms with E-state index in [1.54, 1.807) is 11.8 Å². The average molecular weight is 296 g/mol. The lowest BCUT2D eigenvalue weighted by molar-refractivity contribution is -0.127. The maximum atomic E-state index is 11.8. The Bertz CT molecular complexity index is 426. The Kier molecular flexibility index (Phi) is 7.75. The predicted molar refractivity (Wildman–Crippen MR) is 80.3 cm³/mol. The van der Waals surface area contributed by atoms with Crippen molar-refractivity contribution < 1.29 is 14.7 Å². The summed E-state index contributed by atoms with van der Waals surface area (Å²) < 4.78 is 0. The highest BCUT2D eigenvalue weighted by Gasteiger charge is 2.18. The van der Waals surface area contributed by atoms with Gasteiger partial charge in [0.25, 0.3) is 0 Å². The second-order valence-corrected chi connectivity index (χ2v) is 5.30. The molecular weight excluding hydrogens is 276 g/mol. The summed E-state index contributed by atoms with van der Waals surface area (Å²) in [5.74, 6) is 0.764. The summed E-state index contributed by atoms with van der Waals surface area (Å²) in [4.78, 5) is 22.9. The quantitative estimate of drug-likeness (QED) is 0.654. The topological polar surface area (TPSA) is 78.4 Å². The van der Waals surface area contributed by atoms with Crippen LogP contribution in [-0.4, -0.2) is 41.9 Å². The Labute approximate surface area is 123 Å². The molecule has 20 heavy (non-hydrogen) atoms. The lowest BCUT2D eigenvalue weighted by atomic mass is 10.2. The van der Waals surface area contributed by atoms with E-state index in [4.69, 9.17) is 5.11 Å². The monoisotopic (exact) mass is 296 g/mol. The number of hydrogen-bond acceptors (Lipinski definition) is 4. The van der Waals surface area contributed by atoms with E-state index in [0.717, 1.165) is 5.75 Å². The van der Waals surface area contributed by atoms with E-state index >= 15 is 0 Å². The molecule has 0 aliphatic carbocycles. The molecule has 1 aromatic rings. The highest BCUT2D eigenvalue weighted by atomic mass is 32.2. The highest BCUT2D eigenvalue weighted by Crippen LogP contribution is 2.12.